The maximum atomic E-state index is 13.8. The van der Waals surface area contributed by atoms with Crippen LogP contribution in [-0.2, 0) is 17.7 Å². The number of carbonyl (C=O) groups excluding carboxylic acids is 1. The van der Waals surface area contributed by atoms with Crippen molar-refractivity contribution in [2.24, 2.45) is 0 Å². The lowest BCUT2D eigenvalue weighted by molar-refractivity contribution is 0.122. The molecule has 0 bridgehead atoms. The van der Waals surface area contributed by atoms with Gasteiger partial charge in [-0.1, -0.05) is 24.3 Å². The molecule has 4 rings (SSSR count). The van der Waals surface area contributed by atoms with Crippen molar-refractivity contribution in [3.8, 4) is 0 Å². The van der Waals surface area contributed by atoms with Crippen molar-refractivity contribution < 1.29 is 13.9 Å². The molecule has 142 valence electrons. The second-order valence-corrected chi connectivity index (χ2v) is 7.00. The van der Waals surface area contributed by atoms with Crippen molar-refractivity contribution in [3.05, 3.63) is 65.0 Å². The van der Waals surface area contributed by atoms with Gasteiger partial charge in [0.15, 0.2) is 0 Å². The number of halogens is 1. The van der Waals surface area contributed by atoms with Gasteiger partial charge in [-0.25, -0.2) is 9.18 Å². The highest BCUT2D eigenvalue weighted by molar-refractivity contribution is 5.74. The maximum absolute atomic E-state index is 13.8. The number of fused-ring (bicyclic) bond motifs is 1. The number of hydrogen-bond acceptors (Lipinski definition) is 3. The SMILES string of the molecule is O=C(NCc1cccc(N2CCOCC2)c1)NC1CCc2c(F)cccc21. The van der Waals surface area contributed by atoms with Crippen molar-refractivity contribution >= 4 is 11.7 Å². The molecular formula is C21H24FN3O2. The van der Waals surface area contributed by atoms with Crippen LogP contribution in [0.25, 0.3) is 0 Å². The van der Waals surface area contributed by atoms with E-state index in [2.05, 4.69) is 27.7 Å². The van der Waals surface area contributed by atoms with Gasteiger partial charge in [0.25, 0.3) is 0 Å². The first-order valence-electron chi connectivity index (χ1n) is 9.44. The third-order valence-corrected chi connectivity index (χ3v) is 5.26. The number of benzene rings is 2. The quantitative estimate of drug-likeness (QED) is 0.871. The number of nitrogens with one attached hydrogen (secondary N) is 2. The first-order valence-corrected chi connectivity index (χ1v) is 9.44. The third-order valence-electron chi connectivity index (χ3n) is 5.26. The van der Waals surface area contributed by atoms with E-state index in [1.54, 1.807) is 6.07 Å². The van der Waals surface area contributed by atoms with Gasteiger partial charge in [0.05, 0.1) is 19.3 Å². The summed E-state index contributed by atoms with van der Waals surface area (Å²) >= 11 is 0. The molecule has 2 aromatic rings. The summed E-state index contributed by atoms with van der Waals surface area (Å²) in [6, 6.07) is 12.9. The molecule has 1 saturated heterocycles. The van der Waals surface area contributed by atoms with E-state index in [1.165, 1.54) is 6.07 Å². The van der Waals surface area contributed by atoms with Gasteiger partial charge in [-0.15, -0.1) is 0 Å². The predicted octanol–water partition coefficient (Wildman–Crippen LogP) is 3.15. The fourth-order valence-corrected chi connectivity index (χ4v) is 3.84. The Morgan fingerprint density at radius 3 is 2.85 bits per heavy atom. The lowest BCUT2D eigenvalue weighted by Crippen LogP contribution is -2.37. The molecule has 2 aliphatic rings. The molecule has 1 atom stereocenters. The van der Waals surface area contributed by atoms with Crippen LogP contribution in [0.3, 0.4) is 0 Å². The van der Waals surface area contributed by atoms with Gasteiger partial charge < -0.3 is 20.3 Å². The summed E-state index contributed by atoms with van der Waals surface area (Å²) in [4.78, 5) is 14.6. The Morgan fingerprint density at radius 2 is 2.00 bits per heavy atom. The van der Waals surface area contributed by atoms with E-state index in [0.29, 0.717) is 13.0 Å². The Balaban J connectivity index is 1.33. The number of carbonyl (C=O) groups is 1. The van der Waals surface area contributed by atoms with E-state index in [0.717, 1.165) is 55.1 Å². The van der Waals surface area contributed by atoms with Crippen molar-refractivity contribution in [1.82, 2.24) is 10.6 Å². The molecular weight excluding hydrogens is 345 g/mol. The summed E-state index contributed by atoms with van der Waals surface area (Å²) in [5.41, 5.74) is 3.81. The van der Waals surface area contributed by atoms with Gasteiger partial charge in [-0.2, -0.15) is 0 Å². The molecule has 0 radical (unpaired) electrons. The molecule has 0 aromatic heterocycles. The second kappa shape index (κ2) is 7.96. The van der Waals surface area contributed by atoms with Gasteiger partial charge in [0.2, 0.25) is 0 Å². The second-order valence-electron chi connectivity index (χ2n) is 7.00. The molecule has 1 heterocycles. The van der Waals surface area contributed by atoms with E-state index < -0.39 is 0 Å². The number of anilines is 1. The largest absolute Gasteiger partial charge is 0.378 e. The maximum Gasteiger partial charge on any atom is 0.315 e. The van der Waals surface area contributed by atoms with Crippen LogP contribution in [0.1, 0.15) is 29.2 Å². The van der Waals surface area contributed by atoms with E-state index in [9.17, 15) is 9.18 Å². The molecule has 0 saturated carbocycles. The minimum atomic E-state index is -0.228. The minimum Gasteiger partial charge on any atom is -0.378 e. The fourth-order valence-electron chi connectivity index (χ4n) is 3.84. The average molecular weight is 369 g/mol. The van der Waals surface area contributed by atoms with E-state index in [-0.39, 0.29) is 17.9 Å². The Hall–Kier alpha value is -2.60. The van der Waals surface area contributed by atoms with Gasteiger partial charge >= 0.3 is 6.03 Å². The van der Waals surface area contributed by atoms with Crippen LogP contribution in [-0.4, -0.2) is 32.3 Å². The smallest absolute Gasteiger partial charge is 0.315 e. The Morgan fingerprint density at radius 1 is 1.19 bits per heavy atom. The van der Waals surface area contributed by atoms with Gasteiger partial charge in [-0.3, -0.25) is 0 Å². The lowest BCUT2D eigenvalue weighted by atomic mass is 10.1. The molecule has 2 amide bonds. The highest BCUT2D eigenvalue weighted by Gasteiger charge is 2.25. The minimum absolute atomic E-state index is 0.129. The molecule has 1 aliphatic carbocycles. The van der Waals surface area contributed by atoms with Gasteiger partial charge in [-0.05, 0) is 47.7 Å². The number of ether oxygens (including phenoxy) is 1. The van der Waals surface area contributed by atoms with Crippen molar-refractivity contribution in [2.45, 2.75) is 25.4 Å². The van der Waals surface area contributed by atoms with Crippen LogP contribution in [0, 0.1) is 5.82 Å². The zero-order chi connectivity index (χ0) is 18.6. The monoisotopic (exact) mass is 369 g/mol. The number of amides is 2. The Bertz CT molecular complexity index is 821. The number of morpholine rings is 1. The van der Waals surface area contributed by atoms with Crippen LogP contribution in [0.5, 0.6) is 0 Å². The summed E-state index contributed by atoms with van der Waals surface area (Å²) in [5.74, 6) is -0.183. The molecule has 27 heavy (non-hydrogen) atoms. The third kappa shape index (κ3) is 4.06. The standard InChI is InChI=1S/C21H24FN3O2/c22-19-6-2-5-18-17(19)7-8-20(18)24-21(26)23-14-15-3-1-4-16(13-15)25-9-11-27-12-10-25/h1-6,13,20H,7-12,14H2,(H2,23,24,26). The van der Waals surface area contributed by atoms with Crippen molar-refractivity contribution in [1.29, 1.82) is 0 Å². The average Bonchev–Trinajstić information content (AvgIpc) is 3.11. The summed E-state index contributed by atoms with van der Waals surface area (Å²) in [7, 11) is 0. The van der Waals surface area contributed by atoms with Crippen LogP contribution in [0.2, 0.25) is 0 Å². The molecule has 1 unspecified atom stereocenters. The summed E-state index contributed by atoms with van der Waals surface area (Å²) in [5, 5.41) is 5.88. The zero-order valence-corrected chi connectivity index (χ0v) is 15.2. The normalized spacial score (nSPS) is 18.9. The van der Waals surface area contributed by atoms with Crippen molar-refractivity contribution in [3.63, 3.8) is 0 Å². The van der Waals surface area contributed by atoms with E-state index in [4.69, 9.17) is 4.74 Å². The van der Waals surface area contributed by atoms with E-state index in [1.807, 2.05) is 18.2 Å². The number of hydrogen-bond donors (Lipinski definition) is 2. The Labute approximate surface area is 158 Å². The molecule has 2 aromatic carbocycles. The topological polar surface area (TPSA) is 53.6 Å². The number of urea groups is 1. The molecule has 5 nitrogen and oxygen atoms in total. The highest BCUT2D eigenvalue weighted by Crippen LogP contribution is 2.32. The number of rotatable bonds is 4. The predicted molar refractivity (Wildman–Crippen MR) is 102 cm³/mol. The molecule has 0 spiro atoms. The summed E-state index contributed by atoms with van der Waals surface area (Å²) in [6.07, 6.45) is 1.39. The van der Waals surface area contributed by atoms with Crippen LogP contribution in [0.15, 0.2) is 42.5 Å². The Kier molecular flexibility index (Phi) is 5.25. The van der Waals surface area contributed by atoms with Crippen molar-refractivity contribution in [2.75, 3.05) is 31.2 Å². The van der Waals surface area contributed by atoms with Crippen LogP contribution < -0.4 is 15.5 Å². The molecule has 1 aliphatic heterocycles. The zero-order valence-electron chi connectivity index (χ0n) is 15.2. The fraction of sp³-hybridized carbons (Fsp3) is 0.381. The first-order chi connectivity index (χ1) is 13.2. The van der Waals surface area contributed by atoms with Crippen LogP contribution >= 0.6 is 0 Å². The molecule has 1 fully saturated rings. The lowest BCUT2D eigenvalue weighted by Gasteiger charge is -2.29. The number of nitrogens with zero attached hydrogens (tertiary/aromatic N) is 1. The van der Waals surface area contributed by atoms with Gasteiger partial charge in [0, 0.05) is 25.3 Å². The van der Waals surface area contributed by atoms with E-state index >= 15 is 0 Å². The summed E-state index contributed by atoms with van der Waals surface area (Å²) in [6.45, 7) is 3.71. The summed E-state index contributed by atoms with van der Waals surface area (Å²) < 4.78 is 19.2. The van der Waals surface area contributed by atoms with Crippen LogP contribution in [0.4, 0.5) is 14.9 Å². The first kappa shape index (κ1) is 17.8. The highest BCUT2D eigenvalue weighted by atomic mass is 19.1. The van der Waals surface area contributed by atoms with Gasteiger partial charge in [0.1, 0.15) is 5.82 Å². The molecule has 6 heteroatoms. The molecule has 2 N–H and O–H groups in total.